The predicted molar refractivity (Wildman–Crippen MR) is 95.4 cm³/mol. The zero-order valence-corrected chi connectivity index (χ0v) is 14.7. The van der Waals surface area contributed by atoms with Gasteiger partial charge in [-0.3, -0.25) is 9.59 Å². The van der Waals surface area contributed by atoms with Gasteiger partial charge >= 0.3 is 0 Å². The van der Waals surface area contributed by atoms with Gasteiger partial charge in [0.1, 0.15) is 0 Å². The molecular formula is C16H22IN3O2. The number of nitrogens with two attached hydrogens (primary N) is 1. The number of hydrogen-bond donors (Lipinski definition) is 2. The van der Waals surface area contributed by atoms with Gasteiger partial charge in [-0.25, -0.2) is 0 Å². The van der Waals surface area contributed by atoms with Gasteiger partial charge in [-0.15, -0.1) is 0 Å². The fourth-order valence-electron chi connectivity index (χ4n) is 2.61. The first-order chi connectivity index (χ1) is 10.6. The lowest BCUT2D eigenvalue weighted by Crippen LogP contribution is -2.41. The normalized spacial score (nSPS) is 15.6. The summed E-state index contributed by atoms with van der Waals surface area (Å²) in [5, 5.41) is 3.32. The van der Waals surface area contributed by atoms with E-state index in [1.54, 1.807) is 0 Å². The summed E-state index contributed by atoms with van der Waals surface area (Å²) in [5.41, 5.74) is 6.38. The molecular weight excluding hydrogens is 393 g/mol. The highest BCUT2D eigenvalue weighted by molar-refractivity contribution is 14.1. The van der Waals surface area contributed by atoms with E-state index in [2.05, 4.69) is 40.0 Å². The first-order valence-electron chi connectivity index (χ1n) is 7.63. The van der Waals surface area contributed by atoms with Crippen LogP contribution >= 0.6 is 22.6 Å². The number of nitrogens with zero attached hydrogens (tertiary/aromatic N) is 1. The molecule has 0 bridgehead atoms. The second kappa shape index (κ2) is 8.36. The van der Waals surface area contributed by atoms with Crippen LogP contribution in [0.3, 0.4) is 0 Å². The molecule has 0 aromatic heterocycles. The molecule has 2 rings (SSSR count). The van der Waals surface area contributed by atoms with Crippen LogP contribution < -0.4 is 11.1 Å². The highest BCUT2D eigenvalue weighted by Gasteiger charge is 2.25. The van der Waals surface area contributed by atoms with Gasteiger partial charge in [0, 0.05) is 41.2 Å². The molecule has 0 radical (unpaired) electrons. The fourth-order valence-corrected chi connectivity index (χ4v) is 2.97. The van der Waals surface area contributed by atoms with Crippen molar-refractivity contribution in [3.8, 4) is 0 Å². The van der Waals surface area contributed by atoms with Crippen LogP contribution in [0.15, 0.2) is 24.3 Å². The first kappa shape index (κ1) is 17.1. The van der Waals surface area contributed by atoms with Gasteiger partial charge in [-0.2, -0.15) is 0 Å². The topological polar surface area (TPSA) is 75.4 Å². The molecule has 3 N–H and O–H groups in total. The molecule has 1 fully saturated rings. The van der Waals surface area contributed by atoms with Crippen LogP contribution in [0.25, 0.3) is 0 Å². The maximum absolute atomic E-state index is 12.1. The number of carbonyl (C=O) groups excluding carboxylic acids is 2. The monoisotopic (exact) mass is 415 g/mol. The lowest BCUT2D eigenvalue weighted by Gasteiger charge is -2.30. The molecule has 1 saturated heterocycles. The minimum absolute atomic E-state index is 0.0633. The molecule has 0 spiro atoms. The van der Waals surface area contributed by atoms with Crippen molar-refractivity contribution in [2.75, 3.05) is 25.0 Å². The second-order valence-corrected chi connectivity index (χ2v) is 6.84. The average molecular weight is 415 g/mol. The standard InChI is InChI=1S/C16H22IN3O2/c17-13-3-5-14(6-4-13)19-9-1-2-15(21)20-10-7-12(8-11-20)16(18)22/h3-6,12,19H,1-2,7-11H2,(H2,18,22). The number of amides is 2. The molecule has 1 aliphatic heterocycles. The third-order valence-electron chi connectivity index (χ3n) is 3.99. The number of primary amides is 1. The van der Waals surface area contributed by atoms with E-state index in [0.717, 1.165) is 18.7 Å². The molecule has 0 atom stereocenters. The van der Waals surface area contributed by atoms with Crippen LogP contribution in [0.5, 0.6) is 0 Å². The van der Waals surface area contributed by atoms with Gasteiger partial charge in [0.05, 0.1) is 0 Å². The van der Waals surface area contributed by atoms with Crippen LogP contribution in [0.1, 0.15) is 25.7 Å². The van der Waals surface area contributed by atoms with Crippen LogP contribution in [-0.2, 0) is 9.59 Å². The Labute approximate surface area is 144 Å². The number of halogens is 1. The predicted octanol–water partition coefficient (Wildman–Crippen LogP) is 2.21. The second-order valence-electron chi connectivity index (χ2n) is 5.59. The summed E-state index contributed by atoms with van der Waals surface area (Å²) in [6.07, 6.45) is 2.74. The van der Waals surface area contributed by atoms with Crippen LogP contribution in [-0.4, -0.2) is 36.3 Å². The quantitative estimate of drug-likeness (QED) is 0.553. The number of carbonyl (C=O) groups is 2. The number of likely N-dealkylation sites (tertiary alicyclic amines) is 1. The number of hydrogen-bond acceptors (Lipinski definition) is 3. The molecule has 120 valence electrons. The summed E-state index contributed by atoms with van der Waals surface area (Å²) in [5.74, 6) is -0.132. The SMILES string of the molecule is NC(=O)C1CCN(C(=O)CCCNc2ccc(I)cc2)CC1. The number of piperidine rings is 1. The molecule has 1 heterocycles. The Bertz CT molecular complexity index is 511. The number of rotatable bonds is 6. The number of nitrogens with one attached hydrogen (secondary N) is 1. The Balaban J connectivity index is 1.64. The van der Waals surface area contributed by atoms with Crippen molar-refractivity contribution in [3.63, 3.8) is 0 Å². The minimum atomic E-state index is -0.242. The summed E-state index contributed by atoms with van der Waals surface area (Å²) < 4.78 is 1.21. The van der Waals surface area contributed by atoms with Crippen molar-refractivity contribution in [1.82, 2.24) is 4.90 Å². The summed E-state index contributed by atoms with van der Waals surface area (Å²) >= 11 is 2.27. The molecule has 0 unspecified atom stereocenters. The maximum atomic E-state index is 12.1. The van der Waals surface area contributed by atoms with E-state index in [1.807, 2.05) is 17.0 Å². The molecule has 22 heavy (non-hydrogen) atoms. The Hall–Kier alpha value is -1.31. The van der Waals surface area contributed by atoms with Crippen molar-refractivity contribution in [2.24, 2.45) is 11.7 Å². The fraction of sp³-hybridized carbons (Fsp3) is 0.500. The summed E-state index contributed by atoms with van der Waals surface area (Å²) in [7, 11) is 0. The van der Waals surface area contributed by atoms with Crippen LogP contribution in [0.2, 0.25) is 0 Å². The summed E-state index contributed by atoms with van der Waals surface area (Å²) in [4.78, 5) is 25.1. The van der Waals surface area contributed by atoms with E-state index in [4.69, 9.17) is 5.73 Å². The molecule has 1 aliphatic rings. The highest BCUT2D eigenvalue weighted by atomic mass is 127. The third-order valence-corrected chi connectivity index (χ3v) is 4.71. The largest absolute Gasteiger partial charge is 0.385 e. The zero-order valence-electron chi connectivity index (χ0n) is 12.6. The van der Waals surface area contributed by atoms with Crippen LogP contribution in [0.4, 0.5) is 5.69 Å². The first-order valence-corrected chi connectivity index (χ1v) is 8.70. The third kappa shape index (κ3) is 5.15. The van der Waals surface area contributed by atoms with Gasteiger partial charge in [0.2, 0.25) is 11.8 Å². The van der Waals surface area contributed by atoms with Gasteiger partial charge < -0.3 is 16.0 Å². The lowest BCUT2D eigenvalue weighted by atomic mass is 9.96. The molecule has 1 aromatic carbocycles. The smallest absolute Gasteiger partial charge is 0.222 e. The van der Waals surface area contributed by atoms with E-state index in [0.29, 0.717) is 32.4 Å². The molecule has 0 saturated carbocycles. The van der Waals surface area contributed by atoms with Gasteiger partial charge in [0.15, 0.2) is 0 Å². The van der Waals surface area contributed by atoms with Gasteiger partial charge in [0.25, 0.3) is 0 Å². The van der Waals surface area contributed by atoms with Crippen molar-refractivity contribution < 1.29 is 9.59 Å². The Kier molecular flexibility index (Phi) is 6.48. The molecule has 0 aliphatic carbocycles. The van der Waals surface area contributed by atoms with Crippen molar-refractivity contribution in [1.29, 1.82) is 0 Å². The van der Waals surface area contributed by atoms with E-state index in [1.165, 1.54) is 3.57 Å². The van der Waals surface area contributed by atoms with Crippen molar-refractivity contribution in [3.05, 3.63) is 27.8 Å². The van der Waals surface area contributed by atoms with Crippen molar-refractivity contribution in [2.45, 2.75) is 25.7 Å². The minimum Gasteiger partial charge on any atom is -0.385 e. The molecule has 5 nitrogen and oxygen atoms in total. The Morgan fingerprint density at radius 3 is 2.45 bits per heavy atom. The summed E-state index contributed by atoms with van der Waals surface area (Å²) in [6, 6.07) is 8.18. The highest BCUT2D eigenvalue weighted by Crippen LogP contribution is 2.17. The Morgan fingerprint density at radius 2 is 1.86 bits per heavy atom. The number of anilines is 1. The van der Waals surface area contributed by atoms with Gasteiger partial charge in [-0.1, -0.05) is 0 Å². The van der Waals surface area contributed by atoms with E-state index < -0.39 is 0 Å². The van der Waals surface area contributed by atoms with E-state index >= 15 is 0 Å². The van der Waals surface area contributed by atoms with Crippen molar-refractivity contribution >= 4 is 40.1 Å². The molecule has 6 heteroatoms. The maximum Gasteiger partial charge on any atom is 0.222 e. The summed E-state index contributed by atoms with van der Waals surface area (Å²) in [6.45, 7) is 2.08. The zero-order chi connectivity index (χ0) is 15.9. The Morgan fingerprint density at radius 1 is 1.23 bits per heavy atom. The molecule has 1 aromatic rings. The van der Waals surface area contributed by atoms with Gasteiger partial charge in [-0.05, 0) is 66.1 Å². The number of benzene rings is 1. The lowest BCUT2D eigenvalue weighted by molar-refractivity contribution is -0.134. The van der Waals surface area contributed by atoms with E-state index in [9.17, 15) is 9.59 Å². The van der Waals surface area contributed by atoms with E-state index in [-0.39, 0.29) is 17.7 Å². The van der Waals surface area contributed by atoms with Crippen LogP contribution in [0, 0.1) is 9.49 Å². The average Bonchev–Trinajstić information content (AvgIpc) is 2.53. The molecule has 2 amide bonds.